The van der Waals surface area contributed by atoms with Crippen LogP contribution >= 0.6 is 11.3 Å². The Labute approximate surface area is 199 Å². The molecule has 0 atom stereocenters. The Bertz CT molecular complexity index is 1450. The topological polar surface area (TPSA) is 143 Å². The lowest BCUT2D eigenvalue weighted by molar-refractivity contribution is -0.0211. The van der Waals surface area contributed by atoms with Gasteiger partial charge in [-0.1, -0.05) is 6.07 Å². The van der Waals surface area contributed by atoms with E-state index in [0.29, 0.717) is 48.3 Å². The highest BCUT2D eigenvalue weighted by Crippen LogP contribution is 2.33. The average Bonchev–Trinajstić information content (AvgIpc) is 3.48. The number of aromatic nitrogens is 3. The van der Waals surface area contributed by atoms with E-state index < -0.39 is 15.6 Å². The number of hydrogen-bond acceptors (Lipinski definition) is 8. The van der Waals surface area contributed by atoms with Crippen molar-refractivity contribution in [2.75, 3.05) is 23.7 Å². The number of carbonyl (C=O) groups excluding carboxylic acids is 1. The number of likely N-dealkylation sites (tertiary alicyclic amines) is 1. The van der Waals surface area contributed by atoms with Crippen LogP contribution in [-0.4, -0.2) is 52.3 Å². The molecule has 10 nitrogen and oxygen atoms in total. The summed E-state index contributed by atoms with van der Waals surface area (Å²) in [4.78, 5) is 20.0. The number of sulfonamides is 1. The predicted molar refractivity (Wildman–Crippen MR) is 128 cm³/mol. The summed E-state index contributed by atoms with van der Waals surface area (Å²) in [6, 6.07) is 11.3. The predicted octanol–water partition coefficient (Wildman–Crippen LogP) is 2.13. The zero-order valence-electron chi connectivity index (χ0n) is 18.0. The molecule has 1 amide bonds. The van der Waals surface area contributed by atoms with Gasteiger partial charge >= 0.3 is 0 Å². The van der Waals surface area contributed by atoms with Crippen LogP contribution in [0.2, 0.25) is 0 Å². The van der Waals surface area contributed by atoms with Crippen molar-refractivity contribution in [1.29, 1.82) is 0 Å². The molecule has 4 aromatic rings. The quantitative estimate of drug-likeness (QED) is 0.358. The van der Waals surface area contributed by atoms with Crippen LogP contribution in [0.5, 0.6) is 0 Å². The van der Waals surface area contributed by atoms with Crippen LogP contribution in [0.4, 0.5) is 5.69 Å². The summed E-state index contributed by atoms with van der Waals surface area (Å²) < 4.78 is 29.1. The Balaban J connectivity index is 1.26. The first-order valence-electron chi connectivity index (χ1n) is 10.5. The van der Waals surface area contributed by atoms with Gasteiger partial charge in [0.05, 0.1) is 28.2 Å². The first-order chi connectivity index (χ1) is 16.2. The molecule has 2 aromatic heterocycles. The van der Waals surface area contributed by atoms with Crippen LogP contribution < -0.4 is 10.6 Å². The van der Waals surface area contributed by atoms with Gasteiger partial charge in [0.2, 0.25) is 0 Å². The number of piperidine rings is 1. The zero-order chi connectivity index (χ0) is 23.9. The maximum absolute atomic E-state index is 12.9. The second-order valence-corrected chi connectivity index (χ2v) is 10.7. The number of benzene rings is 2. The van der Waals surface area contributed by atoms with Crippen molar-refractivity contribution in [2.45, 2.75) is 23.3 Å². The molecule has 0 radical (unpaired) electrons. The van der Waals surface area contributed by atoms with Crippen LogP contribution in [0.25, 0.3) is 10.2 Å². The van der Waals surface area contributed by atoms with Gasteiger partial charge in [0.15, 0.2) is 0 Å². The molecule has 5 rings (SSSR count). The number of nitrogens with two attached hydrogens (primary N) is 1. The van der Waals surface area contributed by atoms with E-state index >= 15 is 0 Å². The molecule has 3 heterocycles. The van der Waals surface area contributed by atoms with Gasteiger partial charge in [-0.25, -0.2) is 13.4 Å². The number of fused-ring (bicyclic) bond motifs is 1. The Hall–Kier alpha value is -3.48. The number of aliphatic hydroxyl groups is 1. The lowest BCUT2D eigenvalue weighted by Crippen LogP contribution is -2.45. The summed E-state index contributed by atoms with van der Waals surface area (Å²) in [5.74, 6) is 5.40. The normalized spacial score (nSPS) is 16.0. The highest BCUT2D eigenvalue weighted by molar-refractivity contribution is 7.93. The first-order valence-corrected chi connectivity index (χ1v) is 12.9. The summed E-state index contributed by atoms with van der Waals surface area (Å²) >= 11 is 1.37. The summed E-state index contributed by atoms with van der Waals surface area (Å²) in [5.41, 5.74) is 2.37. The molecular weight excluding hydrogens is 476 g/mol. The third-order valence-corrected chi connectivity index (χ3v) is 8.22. The van der Waals surface area contributed by atoms with Crippen molar-refractivity contribution in [3.63, 3.8) is 0 Å². The van der Waals surface area contributed by atoms with Gasteiger partial charge in [0.1, 0.15) is 10.4 Å². The molecule has 1 fully saturated rings. The third kappa shape index (κ3) is 4.11. The number of amides is 1. The summed E-state index contributed by atoms with van der Waals surface area (Å²) in [7, 11) is -3.85. The molecule has 1 saturated heterocycles. The van der Waals surface area contributed by atoms with Gasteiger partial charge in [0, 0.05) is 29.9 Å². The number of nitrogen functional groups attached to an aromatic ring is 1. The number of rotatable bonds is 5. The minimum atomic E-state index is -3.85. The molecule has 0 unspecified atom stereocenters. The number of para-hydroxylation sites is 1. The van der Waals surface area contributed by atoms with Crippen molar-refractivity contribution >= 4 is 43.2 Å². The number of nitrogens with zero attached hydrogens (tertiary/aromatic N) is 4. The fraction of sp³-hybridized carbons (Fsp3) is 0.227. The minimum Gasteiger partial charge on any atom is -0.385 e. The molecule has 2 aromatic carbocycles. The van der Waals surface area contributed by atoms with E-state index in [1.807, 2.05) is 6.07 Å². The van der Waals surface area contributed by atoms with Crippen LogP contribution in [0.1, 0.15) is 28.8 Å². The minimum absolute atomic E-state index is 0.104. The van der Waals surface area contributed by atoms with Gasteiger partial charge in [-0.05, 0) is 49.2 Å². The van der Waals surface area contributed by atoms with E-state index in [0.717, 1.165) is 9.49 Å². The number of anilines is 1. The first kappa shape index (κ1) is 22.3. The van der Waals surface area contributed by atoms with E-state index in [2.05, 4.69) is 14.8 Å². The molecule has 12 heteroatoms. The molecule has 0 saturated carbocycles. The Morgan fingerprint density at radius 3 is 2.56 bits per heavy atom. The average molecular weight is 499 g/mol. The van der Waals surface area contributed by atoms with Crippen molar-refractivity contribution < 1.29 is 18.3 Å². The largest absolute Gasteiger partial charge is 0.385 e. The smallest absolute Gasteiger partial charge is 0.264 e. The maximum atomic E-state index is 12.9. The lowest BCUT2D eigenvalue weighted by atomic mass is 9.86. The number of thiazole rings is 1. The Morgan fingerprint density at radius 2 is 1.88 bits per heavy atom. The summed E-state index contributed by atoms with van der Waals surface area (Å²) in [6.07, 6.45) is 3.84. The van der Waals surface area contributed by atoms with Gasteiger partial charge in [-0.3, -0.25) is 9.52 Å². The standard InChI is InChI=1S/C22H22N6O4S2/c23-28-13-16(12-25-28)22(30)8-10-27(11-9-22)21(29)15-4-6-17(7-5-15)26-34(31,32)19-3-1-2-18-20(19)24-14-33-18/h1-7,12-14,26,30H,8-11,23H2. The fourth-order valence-electron chi connectivity index (χ4n) is 4.10. The molecule has 1 aliphatic heterocycles. The van der Waals surface area contributed by atoms with E-state index in [1.165, 1.54) is 23.6 Å². The SMILES string of the molecule is Nn1cc(C2(O)CCN(C(=O)c3ccc(NS(=O)(=O)c4cccc5scnc45)cc3)CC2)cn1. The number of nitrogens with one attached hydrogen (secondary N) is 1. The summed E-state index contributed by atoms with van der Waals surface area (Å²) in [5, 5.41) is 14.8. The second kappa shape index (κ2) is 8.38. The molecular formula is C22H22N6O4S2. The van der Waals surface area contributed by atoms with Gasteiger partial charge < -0.3 is 15.8 Å². The van der Waals surface area contributed by atoms with E-state index in [1.54, 1.807) is 46.9 Å². The Morgan fingerprint density at radius 1 is 1.15 bits per heavy atom. The number of carbonyl (C=O) groups is 1. The molecule has 34 heavy (non-hydrogen) atoms. The van der Waals surface area contributed by atoms with Crippen LogP contribution in [0.3, 0.4) is 0 Å². The maximum Gasteiger partial charge on any atom is 0.264 e. The van der Waals surface area contributed by atoms with E-state index in [9.17, 15) is 18.3 Å². The van der Waals surface area contributed by atoms with Gasteiger partial charge in [-0.15, -0.1) is 11.3 Å². The van der Waals surface area contributed by atoms with Crippen molar-refractivity contribution in [3.8, 4) is 0 Å². The highest BCUT2D eigenvalue weighted by Gasteiger charge is 2.36. The van der Waals surface area contributed by atoms with E-state index in [-0.39, 0.29) is 10.8 Å². The third-order valence-electron chi connectivity index (χ3n) is 6.01. The lowest BCUT2D eigenvalue weighted by Gasteiger charge is -2.37. The molecule has 0 aliphatic carbocycles. The van der Waals surface area contributed by atoms with Crippen molar-refractivity contribution in [2.24, 2.45) is 0 Å². The monoisotopic (exact) mass is 498 g/mol. The second-order valence-electron chi connectivity index (χ2n) is 8.17. The zero-order valence-corrected chi connectivity index (χ0v) is 19.6. The highest BCUT2D eigenvalue weighted by atomic mass is 32.2. The van der Waals surface area contributed by atoms with Crippen LogP contribution in [0, 0.1) is 0 Å². The molecule has 1 aliphatic rings. The fourth-order valence-corrected chi connectivity index (χ4v) is 6.10. The molecule has 0 spiro atoms. The molecule has 0 bridgehead atoms. The van der Waals surface area contributed by atoms with Gasteiger partial charge in [-0.2, -0.15) is 9.89 Å². The Kier molecular flexibility index (Phi) is 5.50. The molecule has 176 valence electrons. The van der Waals surface area contributed by atoms with Crippen molar-refractivity contribution in [1.82, 2.24) is 19.8 Å². The van der Waals surface area contributed by atoms with Crippen molar-refractivity contribution in [3.05, 3.63) is 71.5 Å². The van der Waals surface area contributed by atoms with E-state index in [4.69, 9.17) is 5.84 Å². The number of hydrogen-bond donors (Lipinski definition) is 3. The van der Waals surface area contributed by atoms with Crippen LogP contribution in [0.15, 0.2) is 65.3 Å². The summed E-state index contributed by atoms with van der Waals surface area (Å²) in [6.45, 7) is 0.744. The van der Waals surface area contributed by atoms with Crippen LogP contribution in [-0.2, 0) is 15.6 Å². The van der Waals surface area contributed by atoms with Gasteiger partial charge in [0.25, 0.3) is 15.9 Å². The molecule has 4 N–H and O–H groups in total.